The molecule has 0 aromatic heterocycles. The SMILES string of the molecule is COc1ccc(C2=C[CH]c3ccccc32)cc1. The Morgan fingerprint density at radius 1 is 0.882 bits per heavy atom. The standard InChI is InChI=1S/C16H13O/c1-17-14-9-6-13(7-10-14)16-11-8-12-4-2-3-5-15(12)16/h2-11H,1H3. The Balaban J connectivity index is 2.01. The predicted molar refractivity (Wildman–Crippen MR) is 69.9 cm³/mol. The number of allylic oxidation sites excluding steroid dienone is 1. The van der Waals surface area contributed by atoms with Gasteiger partial charge in [0.1, 0.15) is 5.75 Å². The van der Waals surface area contributed by atoms with Gasteiger partial charge in [0.2, 0.25) is 0 Å². The molecule has 17 heavy (non-hydrogen) atoms. The smallest absolute Gasteiger partial charge is 0.118 e. The van der Waals surface area contributed by atoms with Gasteiger partial charge in [-0.05, 0) is 34.4 Å². The number of fused-ring (bicyclic) bond motifs is 1. The van der Waals surface area contributed by atoms with Crippen molar-refractivity contribution < 1.29 is 4.74 Å². The van der Waals surface area contributed by atoms with E-state index in [1.54, 1.807) is 7.11 Å². The Bertz CT molecular complexity index is 564. The summed E-state index contributed by atoms with van der Waals surface area (Å²) in [5, 5.41) is 0. The molecule has 2 aromatic rings. The molecule has 0 aliphatic heterocycles. The number of benzene rings is 2. The highest BCUT2D eigenvalue weighted by Crippen LogP contribution is 2.33. The number of hydrogen-bond acceptors (Lipinski definition) is 1. The highest BCUT2D eigenvalue weighted by molar-refractivity contribution is 5.87. The van der Waals surface area contributed by atoms with Crippen molar-refractivity contribution in [3.63, 3.8) is 0 Å². The maximum absolute atomic E-state index is 5.17. The molecule has 1 radical (unpaired) electrons. The van der Waals surface area contributed by atoms with Crippen molar-refractivity contribution >= 4 is 5.57 Å². The number of hydrogen-bond donors (Lipinski definition) is 0. The lowest BCUT2D eigenvalue weighted by molar-refractivity contribution is 0.415. The van der Waals surface area contributed by atoms with Crippen LogP contribution in [0.2, 0.25) is 0 Å². The summed E-state index contributed by atoms with van der Waals surface area (Å²) < 4.78 is 5.17. The maximum Gasteiger partial charge on any atom is 0.118 e. The molecule has 0 spiro atoms. The van der Waals surface area contributed by atoms with Crippen molar-refractivity contribution in [3.8, 4) is 5.75 Å². The zero-order valence-corrected chi connectivity index (χ0v) is 9.68. The first kappa shape index (κ1) is 10.2. The zero-order valence-electron chi connectivity index (χ0n) is 9.68. The van der Waals surface area contributed by atoms with E-state index in [1.807, 2.05) is 12.1 Å². The topological polar surface area (TPSA) is 9.23 Å². The molecule has 2 aromatic carbocycles. The molecule has 0 bridgehead atoms. The highest BCUT2D eigenvalue weighted by atomic mass is 16.5. The Kier molecular flexibility index (Phi) is 2.45. The van der Waals surface area contributed by atoms with Crippen molar-refractivity contribution in [3.05, 3.63) is 77.7 Å². The first-order chi connectivity index (χ1) is 8.38. The van der Waals surface area contributed by atoms with Gasteiger partial charge in [0.25, 0.3) is 0 Å². The first-order valence-electron chi connectivity index (χ1n) is 5.67. The molecule has 0 fully saturated rings. The molecule has 1 aliphatic carbocycles. The second kappa shape index (κ2) is 4.10. The Morgan fingerprint density at radius 3 is 2.41 bits per heavy atom. The fraction of sp³-hybridized carbons (Fsp3) is 0.0625. The van der Waals surface area contributed by atoms with Crippen molar-refractivity contribution in [1.82, 2.24) is 0 Å². The predicted octanol–water partition coefficient (Wildman–Crippen LogP) is 3.69. The average Bonchev–Trinajstić information content (AvgIpc) is 2.83. The molecule has 0 saturated carbocycles. The van der Waals surface area contributed by atoms with Gasteiger partial charge in [-0.3, -0.25) is 0 Å². The van der Waals surface area contributed by atoms with E-state index < -0.39 is 0 Å². The molecule has 0 atom stereocenters. The van der Waals surface area contributed by atoms with Crippen LogP contribution in [0.4, 0.5) is 0 Å². The quantitative estimate of drug-likeness (QED) is 0.751. The van der Waals surface area contributed by atoms with Crippen LogP contribution in [0.25, 0.3) is 5.57 Å². The molecule has 0 saturated heterocycles. The molecular weight excluding hydrogens is 208 g/mol. The minimum atomic E-state index is 0.893. The monoisotopic (exact) mass is 221 g/mol. The summed E-state index contributed by atoms with van der Waals surface area (Å²) in [7, 11) is 1.69. The van der Waals surface area contributed by atoms with E-state index in [2.05, 4.69) is 48.9 Å². The second-order valence-corrected chi connectivity index (χ2v) is 4.06. The summed E-state index contributed by atoms with van der Waals surface area (Å²) in [6.07, 6.45) is 4.33. The van der Waals surface area contributed by atoms with Crippen LogP contribution >= 0.6 is 0 Å². The largest absolute Gasteiger partial charge is 0.497 e. The molecule has 83 valence electrons. The van der Waals surface area contributed by atoms with E-state index in [-0.39, 0.29) is 0 Å². The summed E-state index contributed by atoms with van der Waals surface area (Å²) in [5.74, 6) is 0.893. The van der Waals surface area contributed by atoms with E-state index in [1.165, 1.54) is 22.3 Å². The van der Waals surface area contributed by atoms with Crippen LogP contribution in [0.3, 0.4) is 0 Å². The van der Waals surface area contributed by atoms with Gasteiger partial charge >= 0.3 is 0 Å². The fourth-order valence-electron chi connectivity index (χ4n) is 2.17. The molecule has 3 rings (SSSR count). The third-order valence-electron chi connectivity index (χ3n) is 3.08. The lowest BCUT2D eigenvalue weighted by atomic mass is 9.99. The Labute approximate surface area is 101 Å². The minimum Gasteiger partial charge on any atom is -0.497 e. The van der Waals surface area contributed by atoms with Gasteiger partial charge in [-0.15, -0.1) is 0 Å². The van der Waals surface area contributed by atoms with Crippen LogP contribution in [-0.4, -0.2) is 7.11 Å². The normalized spacial score (nSPS) is 13.1. The zero-order chi connectivity index (χ0) is 11.7. The average molecular weight is 221 g/mol. The third-order valence-corrected chi connectivity index (χ3v) is 3.08. The van der Waals surface area contributed by atoms with Gasteiger partial charge in [0, 0.05) is 6.42 Å². The van der Waals surface area contributed by atoms with E-state index in [9.17, 15) is 0 Å². The van der Waals surface area contributed by atoms with Gasteiger partial charge < -0.3 is 4.74 Å². The molecule has 0 unspecified atom stereocenters. The van der Waals surface area contributed by atoms with Gasteiger partial charge in [-0.1, -0.05) is 42.5 Å². The molecule has 0 heterocycles. The van der Waals surface area contributed by atoms with Gasteiger partial charge in [-0.25, -0.2) is 0 Å². The van der Waals surface area contributed by atoms with Crippen molar-refractivity contribution in [2.75, 3.05) is 7.11 Å². The van der Waals surface area contributed by atoms with Crippen LogP contribution in [0.1, 0.15) is 16.7 Å². The second-order valence-electron chi connectivity index (χ2n) is 4.06. The summed E-state index contributed by atoms with van der Waals surface area (Å²) in [6, 6.07) is 16.6. The van der Waals surface area contributed by atoms with Crippen LogP contribution < -0.4 is 4.74 Å². The van der Waals surface area contributed by atoms with Crippen LogP contribution in [0, 0.1) is 6.42 Å². The number of ether oxygens (including phenoxy) is 1. The van der Waals surface area contributed by atoms with Crippen LogP contribution in [0.15, 0.2) is 54.6 Å². The molecular formula is C16H13O. The maximum atomic E-state index is 5.17. The van der Waals surface area contributed by atoms with E-state index in [0.717, 1.165) is 5.75 Å². The molecule has 0 N–H and O–H groups in total. The summed E-state index contributed by atoms with van der Waals surface area (Å²) >= 11 is 0. The summed E-state index contributed by atoms with van der Waals surface area (Å²) in [4.78, 5) is 0. The van der Waals surface area contributed by atoms with Crippen LogP contribution in [0.5, 0.6) is 5.75 Å². The highest BCUT2D eigenvalue weighted by Gasteiger charge is 2.14. The molecule has 1 nitrogen and oxygen atoms in total. The van der Waals surface area contributed by atoms with Gasteiger partial charge in [0.05, 0.1) is 7.11 Å². The van der Waals surface area contributed by atoms with Crippen LogP contribution in [-0.2, 0) is 0 Å². The minimum absolute atomic E-state index is 0.893. The summed E-state index contributed by atoms with van der Waals surface area (Å²) in [6.45, 7) is 0. The molecule has 1 heteroatoms. The van der Waals surface area contributed by atoms with Gasteiger partial charge in [0.15, 0.2) is 0 Å². The first-order valence-corrected chi connectivity index (χ1v) is 5.67. The van der Waals surface area contributed by atoms with Crippen molar-refractivity contribution in [2.45, 2.75) is 0 Å². The van der Waals surface area contributed by atoms with Gasteiger partial charge in [-0.2, -0.15) is 0 Å². The number of rotatable bonds is 2. The summed E-state index contributed by atoms with van der Waals surface area (Å²) in [5.41, 5.74) is 5.10. The molecule has 1 aliphatic rings. The molecule has 0 amide bonds. The lowest BCUT2D eigenvalue weighted by Crippen LogP contribution is -1.87. The van der Waals surface area contributed by atoms with Crippen molar-refractivity contribution in [2.24, 2.45) is 0 Å². The van der Waals surface area contributed by atoms with E-state index >= 15 is 0 Å². The number of methoxy groups -OCH3 is 1. The van der Waals surface area contributed by atoms with E-state index in [0.29, 0.717) is 0 Å². The lowest BCUT2D eigenvalue weighted by Gasteiger charge is -2.07. The Morgan fingerprint density at radius 2 is 1.65 bits per heavy atom. The Hall–Kier alpha value is -2.02. The third kappa shape index (κ3) is 1.74. The van der Waals surface area contributed by atoms with Crippen molar-refractivity contribution in [1.29, 1.82) is 0 Å². The van der Waals surface area contributed by atoms with E-state index in [4.69, 9.17) is 4.74 Å². The fourth-order valence-corrected chi connectivity index (χ4v) is 2.17.